The number of rotatable bonds is 4. The highest BCUT2D eigenvalue weighted by molar-refractivity contribution is 7.92. The molecule has 0 saturated heterocycles. The summed E-state index contributed by atoms with van der Waals surface area (Å²) in [6, 6.07) is 7.18. The fourth-order valence-electron chi connectivity index (χ4n) is 1.28. The Morgan fingerprint density at radius 3 is 2.37 bits per heavy atom. The van der Waals surface area contributed by atoms with Crippen LogP contribution in [0.2, 0.25) is 0 Å². The van der Waals surface area contributed by atoms with Crippen LogP contribution in [-0.4, -0.2) is 18.4 Å². The van der Waals surface area contributed by atoms with E-state index in [1.807, 2.05) is 0 Å². The molecule has 0 fully saturated rings. The molecule has 0 aliphatic heterocycles. The van der Waals surface area contributed by atoms with Crippen molar-refractivity contribution < 1.29 is 8.42 Å². The molecule has 19 heavy (non-hydrogen) atoms. The van der Waals surface area contributed by atoms with Crippen LogP contribution in [-0.2, 0) is 10.0 Å². The first-order valence-corrected chi connectivity index (χ1v) is 6.57. The molecule has 0 radical (unpaired) electrons. The fraction of sp³-hybridized carbons (Fsp3) is 0. The summed E-state index contributed by atoms with van der Waals surface area (Å²) in [4.78, 5) is 10.5. The molecule has 0 saturated carbocycles. The monoisotopic (exact) mass is 277 g/mol. The van der Waals surface area contributed by atoms with Crippen molar-refractivity contribution in [2.45, 2.75) is 4.90 Å². The highest BCUT2D eigenvalue weighted by Gasteiger charge is 2.15. The lowest BCUT2D eigenvalue weighted by Gasteiger charge is -2.05. The maximum absolute atomic E-state index is 12.0. The normalized spacial score (nSPS) is 10.5. The van der Waals surface area contributed by atoms with E-state index >= 15 is 0 Å². The minimum absolute atomic E-state index is 0.00239. The Balaban J connectivity index is 2.27. The van der Waals surface area contributed by atoms with Gasteiger partial charge in [-0.05, 0) is 30.3 Å². The molecular formula is C10H9N6O2S+. The third-order valence-corrected chi connectivity index (χ3v) is 3.45. The highest BCUT2D eigenvalue weighted by atomic mass is 32.2. The summed E-state index contributed by atoms with van der Waals surface area (Å²) in [5, 5.41) is 3.47. The number of aromatic nitrogens is 2. The summed E-state index contributed by atoms with van der Waals surface area (Å²) in [5.41, 5.74) is 6.97. The van der Waals surface area contributed by atoms with Gasteiger partial charge in [0.25, 0.3) is 10.0 Å². The first kappa shape index (κ1) is 12.8. The quantitative estimate of drug-likeness (QED) is 0.648. The van der Waals surface area contributed by atoms with E-state index < -0.39 is 10.0 Å². The molecule has 1 heterocycles. The first-order chi connectivity index (χ1) is 9.12. The van der Waals surface area contributed by atoms with Gasteiger partial charge in [0, 0.05) is 12.4 Å². The summed E-state index contributed by atoms with van der Waals surface area (Å²) >= 11 is 0. The van der Waals surface area contributed by atoms with Gasteiger partial charge in [-0.2, -0.15) is 0 Å². The van der Waals surface area contributed by atoms with Crippen LogP contribution >= 0.6 is 0 Å². The molecule has 9 heteroatoms. The summed E-state index contributed by atoms with van der Waals surface area (Å²) < 4.78 is 26.2. The number of sulfonamides is 1. The summed E-state index contributed by atoms with van der Waals surface area (Å²) in [5.74, 6) is -0.00239. The van der Waals surface area contributed by atoms with Gasteiger partial charge >= 0.3 is 0 Å². The zero-order valence-electron chi connectivity index (χ0n) is 9.56. The molecule has 0 aliphatic carbocycles. The van der Waals surface area contributed by atoms with Crippen LogP contribution in [0.3, 0.4) is 0 Å². The minimum atomic E-state index is -3.74. The van der Waals surface area contributed by atoms with Crippen LogP contribution < -0.4 is 9.63 Å². The van der Waals surface area contributed by atoms with Crippen LogP contribution in [0.25, 0.3) is 0 Å². The highest BCUT2D eigenvalue weighted by Crippen LogP contribution is 2.17. The van der Waals surface area contributed by atoms with Crippen molar-refractivity contribution >= 4 is 21.7 Å². The molecule has 8 nitrogen and oxygen atoms in total. The number of benzene rings is 1. The van der Waals surface area contributed by atoms with Gasteiger partial charge in [-0.3, -0.25) is 0 Å². The van der Waals surface area contributed by atoms with Gasteiger partial charge in [-0.25, -0.2) is 23.1 Å². The lowest BCUT2D eigenvalue weighted by Crippen LogP contribution is -2.14. The Bertz CT molecular complexity index is 707. The molecule has 0 spiro atoms. The number of hydrogen-bond donors (Lipinski definition) is 2. The summed E-state index contributed by atoms with van der Waals surface area (Å²) in [6.07, 6.45) is 2.87. The van der Waals surface area contributed by atoms with Crippen molar-refractivity contribution in [1.82, 2.24) is 14.9 Å². The van der Waals surface area contributed by atoms with Gasteiger partial charge < -0.3 is 0 Å². The van der Waals surface area contributed by atoms with Crippen molar-refractivity contribution in [2.75, 3.05) is 4.72 Å². The van der Waals surface area contributed by atoms with E-state index in [2.05, 4.69) is 24.7 Å². The maximum Gasteiger partial charge on any atom is 0.264 e. The zero-order chi connectivity index (χ0) is 13.7. The lowest BCUT2D eigenvalue weighted by molar-refractivity contribution is 0.601. The van der Waals surface area contributed by atoms with Crippen LogP contribution in [0.1, 0.15) is 0 Å². The Kier molecular flexibility index (Phi) is 3.60. The minimum Gasteiger partial charge on any atom is -0.247 e. The van der Waals surface area contributed by atoms with Crippen molar-refractivity contribution in [2.24, 2.45) is 5.11 Å². The van der Waals surface area contributed by atoms with Gasteiger partial charge in [0.1, 0.15) is 5.53 Å². The molecule has 2 aromatic rings. The second-order valence-corrected chi connectivity index (χ2v) is 5.05. The Hall–Kier alpha value is -2.64. The predicted molar refractivity (Wildman–Crippen MR) is 66.2 cm³/mol. The molecule has 1 aromatic carbocycles. The van der Waals surface area contributed by atoms with Crippen molar-refractivity contribution in [3.05, 3.63) is 42.7 Å². The lowest BCUT2D eigenvalue weighted by atomic mass is 10.3. The number of nitrogens with zero attached hydrogens (tertiary/aromatic N) is 4. The SMILES string of the molecule is N=[N+]=Nc1ccc(S(=O)(=O)Nc2ncccn2)cc1. The molecule has 0 bridgehead atoms. The van der Waals surface area contributed by atoms with E-state index in [1.165, 1.54) is 36.7 Å². The summed E-state index contributed by atoms with van der Waals surface area (Å²) in [7, 11) is -3.74. The van der Waals surface area contributed by atoms with E-state index in [0.29, 0.717) is 5.69 Å². The van der Waals surface area contributed by atoms with Gasteiger partial charge in [-0.1, -0.05) is 0 Å². The standard InChI is InChI=1S/C10H9N6O2S/c11-16-14-8-2-4-9(5-3-8)19(17,18)15-10-12-6-1-7-13-10/h1-7,11H,(H,12,13,15)/q+1. The third-order valence-electron chi connectivity index (χ3n) is 2.10. The molecule has 0 aliphatic rings. The van der Waals surface area contributed by atoms with Crippen molar-refractivity contribution in [3.8, 4) is 0 Å². The maximum atomic E-state index is 12.0. The van der Waals surface area contributed by atoms with Crippen LogP contribution in [0.4, 0.5) is 11.6 Å². The van der Waals surface area contributed by atoms with Gasteiger partial charge in [0.05, 0.1) is 4.90 Å². The number of anilines is 1. The fourth-order valence-corrected chi connectivity index (χ4v) is 2.24. The van der Waals surface area contributed by atoms with Gasteiger partial charge in [-0.15, -0.1) is 0 Å². The molecule has 96 valence electrons. The predicted octanol–water partition coefficient (Wildman–Crippen LogP) is 1.46. The van der Waals surface area contributed by atoms with E-state index in [9.17, 15) is 8.42 Å². The third kappa shape index (κ3) is 3.18. The molecule has 0 unspecified atom stereocenters. The van der Waals surface area contributed by atoms with Gasteiger partial charge in [0.2, 0.25) is 10.9 Å². The van der Waals surface area contributed by atoms with E-state index in [1.54, 1.807) is 6.07 Å². The smallest absolute Gasteiger partial charge is 0.247 e. The van der Waals surface area contributed by atoms with Gasteiger partial charge in [0.15, 0.2) is 10.8 Å². The molecule has 0 amide bonds. The van der Waals surface area contributed by atoms with Crippen molar-refractivity contribution in [1.29, 1.82) is 5.53 Å². The van der Waals surface area contributed by atoms with Crippen LogP contribution in [0.5, 0.6) is 0 Å². The topological polar surface area (TPSA) is 122 Å². The Morgan fingerprint density at radius 2 is 1.79 bits per heavy atom. The molecular weight excluding hydrogens is 268 g/mol. The largest absolute Gasteiger partial charge is 0.264 e. The second-order valence-electron chi connectivity index (χ2n) is 3.37. The average Bonchev–Trinajstić information content (AvgIpc) is 2.40. The summed E-state index contributed by atoms with van der Waals surface area (Å²) in [6.45, 7) is 0. The molecule has 0 atom stereocenters. The Morgan fingerprint density at radius 1 is 1.16 bits per heavy atom. The van der Waals surface area contributed by atoms with E-state index in [4.69, 9.17) is 5.53 Å². The molecule has 2 N–H and O–H groups in total. The zero-order valence-corrected chi connectivity index (χ0v) is 10.4. The molecule has 1 aromatic heterocycles. The molecule has 2 rings (SSSR count). The Labute approximate surface area is 108 Å². The van der Waals surface area contributed by atoms with Crippen LogP contribution in [0.15, 0.2) is 52.7 Å². The number of hydrogen-bond acceptors (Lipinski definition) is 6. The van der Waals surface area contributed by atoms with Crippen LogP contribution in [0, 0.1) is 5.53 Å². The second kappa shape index (κ2) is 5.34. The van der Waals surface area contributed by atoms with E-state index in [0.717, 1.165) is 0 Å². The van der Waals surface area contributed by atoms with E-state index in [-0.39, 0.29) is 10.8 Å². The first-order valence-electron chi connectivity index (χ1n) is 5.09. The van der Waals surface area contributed by atoms with Crippen molar-refractivity contribution in [3.63, 3.8) is 0 Å². The number of nitrogens with one attached hydrogen (secondary N) is 2. The average molecular weight is 277 g/mol.